The maximum Gasteiger partial charge on any atom is 0.0180 e. The minimum Gasteiger partial charge on any atom is -0.326 e. The molecule has 0 amide bonds. The monoisotopic (exact) mass is 227 g/mol. The zero-order chi connectivity index (χ0) is 10.2. The van der Waals surface area contributed by atoms with E-state index in [1.807, 2.05) is 0 Å². The Bertz CT molecular complexity index is 260. The molecule has 1 aromatic rings. The fourth-order valence-corrected chi connectivity index (χ4v) is 1.74. The average molecular weight is 228 g/mol. The van der Waals surface area contributed by atoms with Crippen LogP contribution in [-0.4, -0.2) is 0 Å². The molecule has 15 heavy (non-hydrogen) atoms. The van der Waals surface area contributed by atoms with Gasteiger partial charge in [0.1, 0.15) is 0 Å². The summed E-state index contributed by atoms with van der Waals surface area (Å²) >= 11 is 0. The van der Waals surface area contributed by atoms with Crippen LogP contribution in [0, 0.1) is 0 Å². The van der Waals surface area contributed by atoms with Gasteiger partial charge in [-0.25, -0.2) is 0 Å². The molecule has 0 atom stereocenters. The van der Waals surface area contributed by atoms with Gasteiger partial charge in [0.05, 0.1) is 0 Å². The number of benzene rings is 1. The van der Waals surface area contributed by atoms with Gasteiger partial charge in [-0.2, -0.15) is 0 Å². The Kier molecular flexibility index (Phi) is 8.44. The number of hydrogen-bond acceptors (Lipinski definition) is 1. The summed E-state index contributed by atoms with van der Waals surface area (Å²) in [5.41, 5.74) is 8.43. The lowest BCUT2D eigenvalue weighted by molar-refractivity contribution is 0.664. The summed E-state index contributed by atoms with van der Waals surface area (Å²) < 4.78 is 0. The van der Waals surface area contributed by atoms with E-state index in [0.29, 0.717) is 6.54 Å². The van der Waals surface area contributed by atoms with Crippen LogP contribution in [0.1, 0.15) is 43.7 Å². The van der Waals surface area contributed by atoms with Crippen LogP contribution < -0.4 is 5.73 Å². The van der Waals surface area contributed by atoms with Crippen LogP contribution in [0.25, 0.3) is 0 Å². The first-order valence-corrected chi connectivity index (χ1v) is 5.65. The van der Waals surface area contributed by atoms with E-state index >= 15 is 0 Å². The minimum atomic E-state index is 0. The predicted molar refractivity (Wildman–Crippen MR) is 69.4 cm³/mol. The van der Waals surface area contributed by atoms with Crippen molar-refractivity contribution in [3.05, 3.63) is 35.4 Å². The highest BCUT2D eigenvalue weighted by molar-refractivity contribution is 5.85. The van der Waals surface area contributed by atoms with Crippen LogP contribution in [0.15, 0.2) is 24.3 Å². The third kappa shape index (κ3) is 5.19. The molecule has 0 fully saturated rings. The topological polar surface area (TPSA) is 26.0 Å². The molecular weight excluding hydrogens is 206 g/mol. The van der Waals surface area contributed by atoms with E-state index < -0.39 is 0 Å². The van der Waals surface area contributed by atoms with Crippen molar-refractivity contribution in [1.29, 1.82) is 0 Å². The molecule has 0 aliphatic rings. The molecule has 0 radical (unpaired) electrons. The molecule has 0 aliphatic heterocycles. The Morgan fingerprint density at radius 2 is 1.67 bits per heavy atom. The van der Waals surface area contributed by atoms with Gasteiger partial charge < -0.3 is 5.73 Å². The summed E-state index contributed by atoms with van der Waals surface area (Å²) in [4.78, 5) is 0. The summed E-state index contributed by atoms with van der Waals surface area (Å²) in [6, 6.07) is 8.51. The number of hydrogen-bond donors (Lipinski definition) is 1. The smallest absolute Gasteiger partial charge is 0.0180 e. The van der Waals surface area contributed by atoms with Crippen molar-refractivity contribution in [1.82, 2.24) is 0 Å². The van der Waals surface area contributed by atoms with Crippen LogP contribution in [-0.2, 0) is 13.0 Å². The van der Waals surface area contributed by atoms with Crippen LogP contribution in [0.2, 0.25) is 0 Å². The lowest BCUT2D eigenvalue weighted by Crippen LogP contribution is -2.01. The van der Waals surface area contributed by atoms with Crippen molar-refractivity contribution in [3.63, 3.8) is 0 Å². The molecule has 0 aromatic heterocycles. The lowest BCUT2D eigenvalue weighted by Gasteiger charge is -2.06. The Labute approximate surface area is 99.5 Å². The molecule has 0 saturated carbocycles. The molecule has 2 heteroatoms. The van der Waals surface area contributed by atoms with E-state index in [0.717, 1.165) is 0 Å². The largest absolute Gasteiger partial charge is 0.326 e. The maximum atomic E-state index is 5.68. The van der Waals surface area contributed by atoms with Gasteiger partial charge in [0.2, 0.25) is 0 Å². The van der Waals surface area contributed by atoms with E-state index in [-0.39, 0.29) is 12.4 Å². The molecule has 0 saturated heterocycles. The third-order valence-electron chi connectivity index (χ3n) is 2.64. The molecular formula is C13H22ClN. The van der Waals surface area contributed by atoms with Gasteiger partial charge in [-0.05, 0) is 24.0 Å². The van der Waals surface area contributed by atoms with Gasteiger partial charge in [0, 0.05) is 6.54 Å². The fourth-order valence-electron chi connectivity index (χ4n) is 1.74. The SMILES string of the molecule is CCCCCCc1ccccc1CN.Cl. The van der Waals surface area contributed by atoms with E-state index in [2.05, 4.69) is 31.2 Å². The molecule has 1 rings (SSSR count). The summed E-state index contributed by atoms with van der Waals surface area (Å²) in [7, 11) is 0. The van der Waals surface area contributed by atoms with Crippen LogP contribution in [0.5, 0.6) is 0 Å². The fraction of sp³-hybridized carbons (Fsp3) is 0.538. The van der Waals surface area contributed by atoms with Gasteiger partial charge in [-0.1, -0.05) is 50.5 Å². The average Bonchev–Trinajstić information content (AvgIpc) is 2.25. The highest BCUT2D eigenvalue weighted by Crippen LogP contribution is 2.12. The number of nitrogens with two attached hydrogens (primary N) is 1. The van der Waals surface area contributed by atoms with Gasteiger partial charge >= 0.3 is 0 Å². The normalized spacial score (nSPS) is 9.73. The van der Waals surface area contributed by atoms with Crippen molar-refractivity contribution < 1.29 is 0 Å². The number of aryl methyl sites for hydroxylation is 1. The maximum absolute atomic E-state index is 5.68. The second kappa shape index (κ2) is 8.75. The number of unbranched alkanes of at least 4 members (excludes halogenated alkanes) is 3. The first kappa shape index (κ1) is 14.5. The second-order valence-corrected chi connectivity index (χ2v) is 3.78. The number of rotatable bonds is 6. The third-order valence-corrected chi connectivity index (χ3v) is 2.64. The molecule has 0 spiro atoms. The zero-order valence-electron chi connectivity index (χ0n) is 9.54. The van der Waals surface area contributed by atoms with Gasteiger partial charge in [-0.3, -0.25) is 0 Å². The number of halogens is 1. The van der Waals surface area contributed by atoms with E-state index in [1.165, 1.54) is 43.2 Å². The Morgan fingerprint density at radius 1 is 1.00 bits per heavy atom. The summed E-state index contributed by atoms with van der Waals surface area (Å²) in [6.45, 7) is 2.91. The van der Waals surface area contributed by atoms with Gasteiger partial charge in [-0.15, -0.1) is 12.4 Å². The van der Waals surface area contributed by atoms with Crippen molar-refractivity contribution in [2.75, 3.05) is 0 Å². The van der Waals surface area contributed by atoms with Crippen LogP contribution >= 0.6 is 12.4 Å². The molecule has 0 aliphatic carbocycles. The Morgan fingerprint density at radius 3 is 2.27 bits per heavy atom. The minimum absolute atomic E-state index is 0. The van der Waals surface area contributed by atoms with Crippen molar-refractivity contribution in [2.24, 2.45) is 5.73 Å². The molecule has 0 heterocycles. The van der Waals surface area contributed by atoms with E-state index in [9.17, 15) is 0 Å². The molecule has 1 nitrogen and oxygen atoms in total. The van der Waals surface area contributed by atoms with Crippen LogP contribution in [0.3, 0.4) is 0 Å². The summed E-state index contributed by atoms with van der Waals surface area (Å²) in [6.07, 6.45) is 6.48. The summed E-state index contributed by atoms with van der Waals surface area (Å²) in [5, 5.41) is 0. The van der Waals surface area contributed by atoms with E-state index in [1.54, 1.807) is 0 Å². The Balaban J connectivity index is 0.00000196. The molecule has 2 N–H and O–H groups in total. The standard InChI is InChI=1S/C13H21N.ClH/c1-2-3-4-5-8-12-9-6-7-10-13(12)11-14;/h6-7,9-10H,2-5,8,11,14H2,1H3;1H. The van der Waals surface area contributed by atoms with Gasteiger partial charge in [0.25, 0.3) is 0 Å². The van der Waals surface area contributed by atoms with Crippen molar-refractivity contribution in [2.45, 2.75) is 45.6 Å². The van der Waals surface area contributed by atoms with E-state index in [4.69, 9.17) is 5.73 Å². The zero-order valence-corrected chi connectivity index (χ0v) is 10.4. The highest BCUT2D eigenvalue weighted by atomic mass is 35.5. The van der Waals surface area contributed by atoms with Crippen molar-refractivity contribution in [3.8, 4) is 0 Å². The molecule has 0 unspecified atom stereocenters. The summed E-state index contributed by atoms with van der Waals surface area (Å²) in [5.74, 6) is 0. The van der Waals surface area contributed by atoms with Crippen molar-refractivity contribution >= 4 is 12.4 Å². The highest BCUT2D eigenvalue weighted by Gasteiger charge is 1.98. The first-order chi connectivity index (χ1) is 6.88. The lowest BCUT2D eigenvalue weighted by atomic mass is 10.0. The quantitative estimate of drug-likeness (QED) is 0.737. The molecule has 0 bridgehead atoms. The predicted octanol–water partition coefficient (Wildman–Crippen LogP) is 3.69. The van der Waals surface area contributed by atoms with Crippen LogP contribution in [0.4, 0.5) is 0 Å². The second-order valence-electron chi connectivity index (χ2n) is 3.78. The molecule has 86 valence electrons. The first-order valence-electron chi connectivity index (χ1n) is 5.65. The Hall–Kier alpha value is -0.530. The van der Waals surface area contributed by atoms with Gasteiger partial charge in [0.15, 0.2) is 0 Å². The molecule has 1 aromatic carbocycles.